The van der Waals surface area contributed by atoms with E-state index < -0.39 is 0 Å². The molecule has 1 amide bonds. The molecule has 1 aromatic heterocycles. The fourth-order valence-electron chi connectivity index (χ4n) is 4.94. The summed E-state index contributed by atoms with van der Waals surface area (Å²) in [5.74, 6) is 2.23. The van der Waals surface area contributed by atoms with Crippen LogP contribution in [-0.2, 0) is 11.3 Å². The number of hydrogen-bond donors (Lipinski definition) is 0. The smallest absolute Gasteiger partial charge is 0.240 e. The van der Waals surface area contributed by atoms with E-state index in [9.17, 15) is 4.79 Å². The third kappa shape index (κ3) is 3.66. The van der Waals surface area contributed by atoms with Crippen LogP contribution in [0.4, 0.5) is 0 Å². The van der Waals surface area contributed by atoms with Gasteiger partial charge in [-0.3, -0.25) is 9.69 Å². The molecule has 4 rings (SSSR count). The maximum absolute atomic E-state index is 12.5. The second kappa shape index (κ2) is 7.29. The third-order valence-corrected chi connectivity index (χ3v) is 6.74. The molecule has 3 heterocycles. The highest BCUT2D eigenvalue weighted by molar-refractivity contribution is 5.77. The Hall–Kier alpha value is -1.43. The zero-order valence-electron chi connectivity index (χ0n) is 16.2. The van der Waals surface area contributed by atoms with E-state index in [1.165, 1.54) is 38.5 Å². The lowest BCUT2D eigenvalue weighted by molar-refractivity contribution is -0.142. The summed E-state index contributed by atoms with van der Waals surface area (Å²) in [6.45, 7) is 8.03. The van der Waals surface area contributed by atoms with Gasteiger partial charge in [-0.2, -0.15) is 4.98 Å². The van der Waals surface area contributed by atoms with Gasteiger partial charge < -0.3 is 9.42 Å². The standard InChI is InChI=1S/C20H32N4O2/c1-15(2)19-21-17(26-22-19)13-23-11-9-20(10-12-23)8-7-18(25)24(14-20)16-5-3-4-6-16/h15-16H,3-14H2,1-2H3. The summed E-state index contributed by atoms with van der Waals surface area (Å²) in [6, 6.07) is 0.519. The largest absolute Gasteiger partial charge is 0.339 e. The highest BCUT2D eigenvalue weighted by Crippen LogP contribution is 2.42. The molecule has 1 aromatic rings. The zero-order valence-corrected chi connectivity index (χ0v) is 16.2. The molecule has 0 atom stereocenters. The number of carbonyl (C=O) groups excluding carboxylic acids is 1. The van der Waals surface area contributed by atoms with E-state index >= 15 is 0 Å². The Balaban J connectivity index is 1.34. The molecule has 0 N–H and O–H groups in total. The summed E-state index contributed by atoms with van der Waals surface area (Å²) in [5, 5.41) is 4.07. The van der Waals surface area contributed by atoms with Crippen LogP contribution >= 0.6 is 0 Å². The van der Waals surface area contributed by atoms with Crippen molar-refractivity contribution in [1.29, 1.82) is 0 Å². The monoisotopic (exact) mass is 360 g/mol. The molecule has 3 fully saturated rings. The highest BCUT2D eigenvalue weighted by atomic mass is 16.5. The maximum Gasteiger partial charge on any atom is 0.240 e. The van der Waals surface area contributed by atoms with Crippen molar-refractivity contribution in [3.8, 4) is 0 Å². The molecule has 0 aromatic carbocycles. The van der Waals surface area contributed by atoms with Gasteiger partial charge in [-0.1, -0.05) is 31.8 Å². The molecule has 1 aliphatic carbocycles. The first-order chi connectivity index (χ1) is 12.5. The van der Waals surface area contributed by atoms with Gasteiger partial charge in [0.25, 0.3) is 0 Å². The predicted octanol–water partition coefficient (Wildman–Crippen LogP) is 3.34. The number of nitrogens with zero attached hydrogens (tertiary/aromatic N) is 4. The van der Waals surface area contributed by atoms with E-state index in [2.05, 4.69) is 33.8 Å². The quantitative estimate of drug-likeness (QED) is 0.824. The molecule has 26 heavy (non-hydrogen) atoms. The van der Waals surface area contributed by atoms with E-state index in [-0.39, 0.29) is 0 Å². The number of rotatable bonds is 4. The fourth-order valence-corrected chi connectivity index (χ4v) is 4.94. The Labute approximate surface area is 156 Å². The van der Waals surface area contributed by atoms with E-state index in [0.717, 1.165) is 50.7 Å². The normalized spacial score (nSPS) is 24.9. The summed E-state index contributed by atoms with van der Waals surface area (Å²) in [5.41, 5.74) is 0.338. The number of likely N-dealkylation sites (tertiary alicyclic amines) is 2. The summed E-state index contributed by atoms with van der Waals surface area (Å²) < 4.78 is 5.41. The lowest BCUT2D eigenvalue weighted by atomic mass is 9.72. The van der Waals surface area contributed by atoms with Crippen LogP contribution in [0.25, 0.3) is 0 Å². The second-order valence-electron chi connectivity index (χ2n) is 8.94. The van der Waals surface area contributed by atoms with Crippen molar-refractivity contribution in [3.63, 3.8) is 0 Å². The Bertz CT molecular complexity index is 628. The van der Waals surface area contributed by atoms with Crippen molar-refractivity contribution in [2.24, 2.45) is 5.41 Å². The van der Waals surface area contributed by atoms with Gasteiger partial charge in [0.2, 0.25) is 11.8 Å². The Morgan fingerprint density at radius 1 is 1.19 bits per heavy atom. The SMILES string of the molecule is CC(C)c1noc(CN2CCC3(CCC(=O)N(C4CCCC4)C3)CC2)n1. The van der Waals surface area contributed by atoms with Crippen LogP contribution in [0.2, 0.25) is 0 Å². The van der Waals surface area contributed by atoms with Gasteiger partial charge in [-0.05, 0) is 50.6 Å². The highest BCUT2D eigenvalue weighted by Gasteiger charge is 2.43. The maximum atomic E-state index is 12.5. The first-order valence-electron chi connectivity index (χ1n) is 10.4. The van der Waals surface area contributed by atoms with Crippen molar-refractivity contribution in [3.05, 3.63) is 11.7 Å². The number of carbonyl (C=O) groups is 1. The molecule has 1 spiro atoms. The van der Waals surface area contributed by atoms with E-state index in [1.807, 2.05) is 0 Å². The van der Waals surface area contributed by atoms with Crippen molar-refractivity contribution >= 4 is 5.91 Å². The van der Waals surface area contributed by atoms with Gasteiger partial charge in [0.15, 0.2) is 5.82 Å². The van der Waals surface area contributed by atoms with Crippen LogP contribution < -0.4 is 0 Å². The lowest BCUT2D eigenvalue weighted by Crippen LogP contribution is -2.53. The van der Waals surface area contributed by atoms with Crippen molar-refractivity contribution in [1.82, 2.24) is 19.9 Å². The minimum atomic E-state index is 0.304. The molecule has 0 unspecified atom stereocenters. The average Bonchev–Trinajstić information content (AvgIpc) is 3.31. The Morgan fingerprint density at radius 2 is 1.92 bits per heavy atom. The molecule has 0 bridgehead atoms. The van der Waals surface area contributed by atoms with Crippen LogP contribution in [0.3, 0.4) is 0 Å². The predicted molar refractivity (Wildman–Crippen MR) is 98.5 cm³/mol. The number of amides is 1. The van der Waals surface area contributed by atoms with Crippen molar-refractivity contribution in [2.45, 2.75) is 83.7 Å². The second-order valence-corrected chi connectivity index (χ2v) is 8.94. The van der Waals surface area contributed by atoms with Gasteiger partial charge in [-0.25, -0.2) is 0 Å². The van der Waals surface area contributed by atoms with Gasteiger partial charge in [-0.15, -0.1) is 0 Å². The molecular weight excluding hydrogens is 328 g/mol. The molecular formula is C20H32N4O2. The Kier molecular flexibility index (Phi) is 5.04. The molecule has 144 valence electrons. The minimum absolute atomic E-state index is 0.304. The first kappa shape index (κ1) is 18.0. The lowest BCUT2D eigenvalue weighted by Gasteiger charge is -2.48. The molecule has 0 radical (unpaired) electrons. The molecule has 6 nitrogen and oxygen atoms in total. The van der Waals surface area contributed by atoms with Crippen LogP contribution in [-0.4, -0.2) is 51.5 Å². The average molecular weight is 361 g/mol. The topological polar surface area (TPSA) is 62.5 Å². The summed E-state index contributed by atoms with van der Waals surface area (Å²) in [6.07, 6.45) is 9.17. The van der Waals surface area contributed by atoms with Crippen LogP contribution in [0, 0.1) is 5.41 Å². The fraction of sp³-hybridized carbons (Fsp3) is 0.850. The molecule has 1 saturated carbocycles. The van der Waals surface area contributed by atoms with Crippen molar-refractivity contribution < 1.29 is 9.32 Å². The van der Waals surface area contributed by atoms with E-state index in [4.69, 9.17) is 4.52 Å². The van der Waals surface area contributed by atoms with E-state index in [0.29, 0.717) is 23.3 Å². The Morgan fingerprint density at radius 3 is 2.58 bits per heavy atom. The number of hydrogen-bond acceptors (Lipinski definition) is 5. The minimum Gasteiger partial charge on any atom is -0.339 e. The molecule has 3 aliphatic rings. The number of aromatic nitrogens is 2. The van der Waals surface area contributed by atoms with Gasteiger partial charge in [0, 0.05) is 24.9 Å². The van der Waals surface area contributed by atoms with Gasteiger partial charge >= 0.3 is 0 Å². The molecule has 2 aliphatic heterocycles. The van der Waals surface area contributed by atoms with Gasteiger partial charge in [0.05, 0.1) is 6.54 Å². The summed E-state index contributed by atoms with van der Waals surface area (Å²) in [7, 11) is 0. The first-order valence-corrected chi connectivity index (χ1v) is 10.4. The third-order valence-electron chi connectivity index (χ3n) is 6.74. The van der Waals surface area contributed by atoms with Crippen LogP contribution in [0.5, 0.6) is 0 Å². The van der Waals surface area contributed by atoms with Crippen LogP contribution in [0.15, 0.2) is 4.52 Å². The van der Waals surface area contributed by atoms with Gasteiger partial charge in [0.1, 0.15) is 0 Å². The summed E-state index contributed by atoms with van der Waals surface area (Å²) in [4.78, 5) is 21.6. The summed E-state index contributed by atoms with van der Waals surface area (Å²) >= 11 is 0. The van der Waals surface area contributed by atoms with Crippen molar-refractivity contribution in [2.75, 3.05) is 19.6 Å². The molecule has 2 saturated heterocycles. The zero-order chi connectivity index (χ0) is 18.1. The van der Waals surface area contributed by atoms with Crippen LogP contribution in [0.1, 0.15) is 82.8 Å². The molecule has 6 heteroatoms. The van der Waals surface area contributed by atoms with E-state index in [1.54, 1.807) is 0 Å². The number of piperidine rings is 2.